The summed E-state index contributed by atoms with van der Waals surface area (Å²) in [7, 11) is 0. The van der Waals surface area contributed by atoms with E-state index in [0.29, 0.717) is 12.4 Å². The molecule has 0 aliphatic rings. The minimum absolute atomic E-state index is 0.193. The number of nitrogens with zero attached hydrogens (tertiary/aromatic N) is 2. The molecule has 1 aromatic heterocycles. The smallest absolute Gasteiger partial charge is 0.320 e. The summed E-state index contributed by atoms with van der Waals surface area (Å²) < 4.78 is 5.90. The maximum absolute atomic E-state index is 10.6. The third-order valence-corrected chi connectivity index (χ3v) is 5.37. The average Bonchev–Trinajstić information content (AvgIpc) is 3.28. The monoisotopic (exact) mass is 458 g/mol. The van der Waals surface area contributed by atoms with Crippen LogP contribution in [-0.2, 0) is 11.3 Å². The van der Waals surface area contributed by atoms with Crippen molar-refractivity contribution < 1.29 is 19.4 Å². The van der Waals surface area contributed by atoms with Crippen LogP contribution in [0.3, 0.4) is 0 Å². The average molecular weight is 459 g/mol. The minimum atomic E-state index is -1.03. The second kappa shape index (κ2) is 10.7. The Morgan fingerprint density at radius 1 is 1.00 bits per heavy atom. The number of aromatic nitrogens is 2. The first kappa shape index (κ1) is 23.2. The molecule has 0 radical (unpaired) electrons. The minimum Gasteiger partial charge on any atom is -0.481 e. The number of carboxylic acids is 1. The molecule has 34 heavy (non-hydrogen) atoms. The van der Waals surface area contributed by atoms with Gasteiger partial charge in [-0.05, 0) is 47.4 Å². The summed E-state index contributed by atoms with van der Waals surface area (Å²) in [5.74, 6) is -0.593. The van der Waals surface area contributed by atoms with E-state index in [4.69, 9.17) is 9.52 Å². The Balaban J connectivity index is 1.43. The van der Waals surface area contributed by atoms with Gasteiger partial charge in [-0.15, -0.1) is 5.10 Å². The number of hydrogen-bond acceptors (Lipinski definition) is 7. The summed E-state index contributed by atoms with van der Waals surface area (Å²) in [4.78, 5) is 10.6. The van der Waals surface area contributed by atoms with Crippen LogP contribution in [0.5, 0.6) is 0 Å². The number of aliphatic hydroxyl groups is 1. The van der Waals surface area contributed by atoms with Crippen molar-refractivity contribution in [3.8, 4) is 22.6 Å². The molecule has 3 aromatic carbocycles. The largest absolute Gasteiger partial charge is 0.481 e. The van der Waals surface area contributed by atoms with Crippen LogP contribution in [0.1, 0.15) is 17.5 Å². The van der Waals surface area contributed by atoms with Crippen LogP contribution in [0.4, 0.5) is 11.7 Å². The van der Waals surface area contributed by atoms with Gasteiger partial charge in [0.25, 0.3) is 0 Å². The van der Waals surface area contributed by atoms with Crippen LogP contribution in [-0.4, -0.2) is 39.0 Å². The second-order valence-electron chi connectivity index (χ2n) is 7.96. The maximum Gasteiger partial charge on any atom is 0.320 e. The standard InChI is InChI=1S/C26H26N4O4/c1-17-22(19-8-3-2-4-9-19)11-6-12-23(17)25-29-30-26(34-25)28-20-10-5-7-18(13-20)15-27-16-21(31)14-24(32)33/h2-13,21,27,31H,14-16H2,1H3,(H,28,30)(H,32,33)/t21-/m0/s1. The number of carboxylic acid groups (broad SMARTS) is 1. The summed E-state index contributed by atoms with van der Waals surface area (Å²) in [5, 5.41) is 32.9. The van der Waals surface area contributed by atoms with Crippen molar-refractivity contribution >= 4 is 17.7 Å². The van der Waals surface area contributed by atoms with E-state index in [2.05, 4.69) is 39.0 Å². The predicted molar refractivity (Wildman–Crippen MR) is 130 cm³/mol. The topological polar surface area (TPSA) is 121 Å². The third-order valence-electron chi connectivity index (χ3n) is 5.37. The van der Waals surface area contributed by atoms with E-state index in [1.165, 1.54) is 0 Å². The fraction of sp³-hybridized carbons (Fsp3) is 0.192. The molecule has 0 fully saturated rings. The number of aliphatic carboxylic acids is 1. The Labute approximate surface area is 197 Å². The first-order valence-corrected chi connectivity index (χ1v) is 10.9. The Bertz CT molecular complexity index is 1260. The number of carbonyl (C=O) groups is 1. The van der Waals surface area contributed by atoms with Crippen LogP contribution in [0.15, 0.2) is 77.2 Å². The molecule has 1 atom stereocenters. The van der Waals surface area contributed by atoms with Crippen molar-refractivity contribution in [1.29, 1.82) is 0 Å². The van der Waals surface area contributed by atoms with Crippen molar-refractivity contribution in [2.24, 2.45) is 0 Å². The molecule has 0 amide bonds. The number of nitrogens with one attached hydrogen (secondary N) is 2. The molecule has 8 nitrogen and oxygen atoms in total. The summed E-state index contributed by atoms with van der Waals surface area (Å²) in [6, 6.07) is 24.1. The first-order valence-electron chi connectivity index (χ1n) is 10.9. The fourth-order valence-electron chi connectivity index (χ4n) is 3.72. The van der Waals surface area contributed by atoms with Gasteiger partial charge in [0.05, 0.1) is 12.5 Å². The van der Waals surface area contributed by atoms with Crippen molar-refractivity contribution in [3.05, 3.63) is 83.9 Å². The quantitative estimate of drug-likeness (QED) is 0.276. The summed E-state index contributed by atoms with van der Waals surface area (Å²) in [5.41, 5.74) is 5.90. The summed E-state index contributed by atoms with van der Waals surface area (Å²) in [6.07, 6.45) is -1.22. The lowest BCUT2D eigenvalue weighted by Gasteiger charge is -2.10. The van der Waals surface area contributed by atoms with Crippen molar-refractivity contribution in [3.63, 3.8) is 0 Å². The van der Waals surface area contributed by atoms with Crippen LogP contribution >= 0.6 is 0 Å². The zero-order valence-electron chi connectivity index (χ0n) is 18.7. The Morgan fingerprint density at radius 2 is 1.76 bits per heavy atom. The number of aliphatic hydroxyl groups excluding tert-OH is 1. The predicted octanol–water partition coefficient (Wildman–Crippen LogP) is 4.38. The van der Waals surface area contributed by atoms with E-state index < -0.39 is 12.1 Å². The summed E-state index contributed by atoms with van der Waals surface area (Å²) in [6.45, 7) is 2.71. The molecule has 174 valence electrons. The van der Waals surface area contributed by atoms with Gasteiger partial charge in [0, 0.05) is 24.3 Å². The van der Waals surface area contributed by atoms with Gasteiger partial charge in [-0.25, -0.2) is 0 Å². The first-order chi connectivity index (χ1) is 16.5. The van der Waals surface area contributed by atoms with Gasteiger partial charge in [0.2, 0.25) is 5.89 Å². The third kappa shape index (κ3) is 5.86. The van der Waals surface area contributed by atoms with Crippen molar-refractivity contribution in [2.45, 2.75) is 26.0 Å². The highest BCUT2D eigenvalue weighted by molar-refractivity contribution is 5.75. The molecule has 0 spiro atoms. The highest BCUT2D eigenvalue weighted by atomic mass is 16.4. The van der Waals surface area contributed by atoms with Crippen LogP contribution < -0.4 is 10.6 Å². The van der Waals surface area contributed by atoms with Crippen LogP contribution in [0.25, 0.3) is 22.6 Å². The number of benzene rings is 3. The molecule has 4 aromatic rings. The molecule has 0 saturated carbocycles. The van der Waals surface area contributed by atoms with E-state index in [0.717, 1.165) is 33.5 Å². The SMILES string of the molecule is Cc1c(-c2ccccc2)cccc1-c1nnc(Nc2cccc(CNC[C@@H](O)CC(=O)O)c2)o1. The van der Waals surface area contributed by atoms with E-state index in [1.54, 1.807) is 0 Å². The molecule has 0 unspecified atom stereocenters. The number of anilines is 2. The lowest BCUT2D eigenvalue weighted by atomic mass is 9.96. The number of hydrogen-bond donors (Lipinski definition) is 4. The zero-order valence-corrected chi connectivity index (χ0v) is 18.7. The van der Waals surface area contributed by atoms with Gasteiger partial charge in [-0.2, -0.15) is 0 Å². The van der Waals surface area contributed by atoms with Crippen molar-refractivity contribution in [2.75, 3.05) is 11.9 Å². The van der Waals surface area contributed by atoms with Crippen LogP contribution in [0.2, 0.25) is 0 Å². The molecule has 0 aliphatic carbocycles. The van der Waals surface area contributed by atoms with Gasteiger partial charge in [0.1, 0.15) is 0 Å². The Kier molecular flexibility index (Phi) is 7.31. The second-order valence-corrected chi connectivity index (χ2v) is 7.96. The fourth-order valence-corrected chi connectivity index (χ4v) is 3.72. The van der Waals surface area contributed by atoms with Crippen molar-refractivity contribution in [1.82, 2.24) is 15.5 Å². The molecular weight excluding hydrogens is 432 g/mol. The Morgan fingerprint density at radius 3 is 2.56 bits per heavy atom. The molecule has 4 N–H and O–H groups in total. The van der Waals surface area contributed by atoms with E-state index in [9.17, 15) is 9.90 Å². The molecule has 0 aliphatic heterocycles. The molecule has 0 saturated heterocycles. The molecule has 0 bridgehead atoms. The van der Waals surface area contributed by atoms with Gasteiger partial charge < -0.3 is 25.3 Å². The highest BCUT2D eigenvalue weighted by Gasteiger charge is 2.14. The lowest BCUT2D eigenvalue weighted by Crippen LogP contribution is -2.28. The highest BCUT2D eigenvalue weighted by Crippen LogP contribution is 2.32. The normalized spacial score (nSPS) is 11.8. The maximum atomic E-state index is 10.6. The lowest BCUT2D eigenvalue weighted by molar-refractivity contribution is -0.139. The van der Waals surface area contributed by atoms with Gasteiger partial charge in [-0.3, -0.25) is 4.79 Å². The molecule has 1 heterocycles. The van der Waals surface area contributed by atoms with Gasteiger partial charge in [-0.1, -0.05) is 59.7 Å². The van der Waals surface area contributed by atoms with Gasteiger partial charge >= 0.3 is 12.0 Å². The molecule has 8 heteroatoms. The van der Waals surface area contributed by atoms with Crippen LogP contribution in [0, 0.1) is 6.92 Å². The summed E-state index contributed by atoms with van der Waals surface area (Å²) >= 11 is 0. The zero-order chi connectivity index (χ0) is 23.9. The van der Waals surface area contributed by atoms with E-state index in [1.807, 2.05) is 61.5 Å². The van der Waals surface area contributed by atoms with E-state index in [-0.39, 0.29) is 19.0 Å². The molecular formula is C26H26N4O4. The van der Waals surface area contributed by atoms with E-state index >= 15 is 0 Å². The Hall–Kier alpha value is -4.01. The van der Waals surface area contributed by atoms with Gasteiger partial charge in [0.15, 0.2) is 0 Å². The molecule has 4 rings (SSSR count). The number of rotatable bonds is 10.